The second kappa shape index (κ2) is 7.53. The van der Waals surface area contributed by atoms with Crippen LogP contribution in [0.25, 0.3) is 0 Å². The third kappa shape index (κ3) is 4.14. The van der Waals surface area contributed by atoms with Crippen LogP contribution in [0.2, 0.25) is 0 Å². The lowest BCUT2D eigenvalue weighted by atomic mass is 9.95. The van der Waals surface area contributed by atoms with Gasteiger partial charge in [-0.05, 0) is 42.9 Å². The third-order valence-corrected chi connectivity index (χ3v) is 4.37. The molecular formula is C17H27NO2. The first-order chi connectivity index (χ1) is 9.72. The minimum absolute atomic E-state index is 0.244. The van der Waals surface area contributed by atoms with Crippen molar-refractivity contribution < 1.29 is 9.47 Å². The molecule has 1 aliphatic carbocycles. The zero-order valence-electron chi connectivity index (χ0n) is 12.7. The van der Waals surface area contributed by atoms with Gasteiger partial charge in [0, 0.05) is 6.04 Å². The fourth-order valence-corrected chi connectivity index (χ4v) is 3.16. The number of methoxy groups -OCH3 is 2. The molecular weight excluding hydrogens is 250 g/mol. The van der Waals surface area contributed by atoms with E-state index in [9.17, 15) is 0 Å². The fraction of sp³-hybridized carbons (Fsp3) is 0.647. The Morgan fingerprint density at radius 3 is 2.50 bits per heavy atom. The summed E-state index contributed by atoms with van der Waals surface area (Å²) in [7, 11) is 3.33. The molecule has 2 rings (SSSR count). The Hall–Kier alpha value is -1.22. The maximum absolute atomic E-state index is 6.27. The van der Waals surface area contributed by atoms with Gasteiger partial charge in [0.15, 0.2) is 11.5 Å². The Kier molecular flexibility index (Phi) is 5.72. The number of hydrogen-bond acceptors (Lipinski definition) is 3. The van der Waals surface area contributed by atoms with Crippen molar-refractivity contribution in [2.24, 2.45) is 11.7 Å². The number of nitrogens with two attached hydrogens (primary N) is 1. The van der Waals surface area contributed by atoms with E-state index < -0.39 is 0 Å². The molecule has 20 heavy (non-hydrogen) atoms. The van der Waals surface area contributed by atoms with E-state index in [1.54, 1.807) is 14.2 Å². The minimum atomic E-state index is 0.244. The summed E-state index contributed by atoms with van der Waals surface area (Å²) in [5, 5.41) is 0. The van der Waals surface area contributed by atoms with Crippen LogP contribution in [-0.2, 0) is 6.42 Å². The molecule has 1 fully saturated rings. The highest BCUT2D eigenvalue weighted by Gasteiger charge is 2.16. The van der Waals surface area contributed by atoms with Gasteiger partial charge in [-0.1, -0.05) is 31.7 Å². The summed E-state index contributed by atoms with van der Waals surface area (Å²) in [6.07, 6.45) is 8.96. The molecule has 1 aromatic rings. The highest BCUT2D eigenvalue weighted by molar-refractivity contribution is 5.43. The Bertz CT molecular complexity index is 413. The Labute approximate surface area is 122 Å². The van der Waals surface area contributed by atoms with Crippen LogP contribution in [0.3, 0.4) is 0 Å². The number of hydrogen-bond donors (Lipinski definition) is 1. The Morgan fingerprint density at radius 1 is 1.15 bits per heavy atom. The molecule has 1 aromatic carbocycles. The van der Waals surface area contributed by atoms with E-state index in [1.165, 1.54) is 37.7 Å². The van der Waals surface area contributed by atoms with E-state index in [4.69, 9.17) is 15.2 Å². The van der Waals surface area contributed by atoms with Crippen LogP contribution in [-0.4, -0.2) is 20.3 Å². The summed E-state index contributed by atoms with van der Waals surface area (Å²) in [6.45, 7) is 0. The summed E-state index contributed by atoms with van der Waals surface area (Å²) in [5.41, 5.74) is 7.50. The highest BCUT2D eigenvalue weighted by atomic mass is 16.5. The molecule has 112 valence electrons. The van der Waals surface area contributed by atoms with Gasteiger partial charge in [-0.15, -0.1) is 0 Å². The van der Waals surface area contributed by atoms with Crippen LogP contribution in [0, 0.1) is 5.92 Å². The molecule has 1 unspecified atom stereocenters. The lowest BCUT2D eigenvalue weighted by Crippen LogP contribution is -2.23. The molecule has 1 saturated carbocycles. The molecule has 0 radical (unpaired) electrons. The van der Waals surface area contributed by atoms with Crippen molar-refractivity contribution in [1.82, 2.24) is 0 Å². The predicted octanol–water partition coefficient (Wildman–Crippen LogP) is 3.54. The molecule has 0 bridgehead atoms. The van der Waals surface area contributed by atoms with Gasteiger partial charge in [-0.2, -0.15) is 0 Å². The number of benzene rings is 1. The topological polar surface area (TPSA) is 44.5 Å². The fourth-order valence-electron chi connectivity index (χ4n) is 3.16. The summed E-state index contributed by atoms with van der Waals surface area (Å²) < 4.78 is 10.6. The lowest BCUT2D eigenvalue weighted by Gasteiger charge is -2.16. The zero-order valence-corrected chi connectivity index (χ0v) is 12.7. The lowest BCUT2D eigenvalue weighted by molar-refractivity contribution is 0.354. The number of ether oxygens (including phenoxy) is 2. The summed E-state index contributed by atoms with van der Waals surface area (Å²) in [5.74, 6) is 2.48. The normalized spacial score (nSPS) is 17.1. The SMILES string of the molecule is COc1ccc(CC(N)CCC2CCCC2)cc1OC. The summed E-state index contributed by atoms with van der Waals surface area (Å²) in [4.78, 5) is 0. The van der Waals surface area contributed by atoms with Gasteiger partial charge in [-0.25, -0.2) is 0 Å². The van der Waals surface area contributed by atoms with Crippen LogP contribution in [0.15, 0.2) is 18.2 Å². The summed E-state index contributed by atoms with van der Waals surface area (Å²) in [6, 6.07) is 6.32. The van der Waals surface area contributed by atoms with Crippen LogP contribution in [0.4, 0.5) is 0 Å². The smallest absolute Gasteiger partial charge is 0.160 e. The molecule has 3 heteroatoms. The molecule has 2 N–H and O–H groups in total. The van der Waals surface area contributed by atoms with Crippen LogP contribution >= 0.6 is 0 Å². The first-order valence-electron chi connectivity index (χ1n) is 7.69. The van der Waals surface area contributed by atoms with Gasteiger partial charge in [-0.3, -0.25) is 0 Å². The molecule has 0 heterocycles. The molecule has 0 saturated heterocycles. The Balaban J connectivity index is 1.85. The second-order valence-corrected chi connectivity index (χ2v) is 5.88. The van der Waals surface area contributed by atoms with Gasteiger partial charge in [0.25, 0.3) is 0 Å². The standard InChI is InChI=1S/C17H27NO2/c1-19-16-10-8-14(12-17(16)20-2)11-15(18)9-7-13-5-3-4-6-13/h8,10,12-13,15H,3-7,9,11,18H2,1-2H3. The third-order valence-electron chi connectivity index (χ3n) is 4.37. The van der Waals surface area contributed by atoms with Gasteiger partial charge in [0.05, 0.1) is 14.2 Å². The molecule has 0 aliphatic heterocycles. The Morgan fingerprint density at radius 2 is 1.85 bits per heavy atom. The quantitative estimate of drug-likeness (QED) is 0.829. The molecule has 1 atom stereocenters. The average Bonchev–Trinajstić information content (AvgIpc) is 2.98. The number of rotatable bonds is 7. The van der Waals surface area contributed by atoms with Crippen LogP contribution in [0.5, 0.6) is 11.5 Å². The largest absolute Gasteiger partial charge is 0.493 e. The molecule has 3 nitrogen and oxygen atoms in total. The van der Waals surface area contributed by atoms with E-state index in [-0.39, 0.29) is 6.04 Å². The van der Waals surface area contributed by atoms with Crippen molar-refractivity contribution in [3.63, 3.8) is 0 Å². The van der Waals surface area contributed by atoms with Gasteiger partial charge >= 0.3 is 0 Å². The first kappa shape index (κ1) is 15.2. The maximum atomic E-state index is 6.27. The predicted molar refractivity (Wildman–Crippen MR) is 82.4 cm³/mol. The van der Waals surface area contributed by atoms with Crippen LogP contribution in [0.1, 0.15) is 44.1 Å². The van der Waals surface area contributed by atoms with Gasteiger partial charge < -0.3 is 15.2 Å². The van der Waals surface area contributed by atoms with E-state index >= 15 is 0 Å². The van der Waals surface area contributed by atoms with Gasteiger partial charge in [0.2, 0.25) is 0 Å². The van der Waals surface area contributed by atoms with Crippen molar-refractivity contribution in [1.29, 1.82) is 0 Å². The van der Waals surface area contributed by atoms with Crippen molar-refractivity contribution in [3.8, 4) is 11.5 Å². The first-order valence-corrected chi connectivity index (χ1v) is 7.69. The molecule has 1 aliphatic rings. The molecule has 0 spiro atoms. The molecule has 0 aromatic heterocycles. The van der Waals surface area contributed by atoms with E-state index in [1.807, 2.05) is 12.1 Å². The monoisotopic (exact) mass is 277 g/mol. The highest BCUT2D eigenvalue weighted by Crippen LogP contribution is 2.30. The average molecular weight is 277 g/mol. The van der Waals surface area contributed by atoms with Crippen molar-refractivity contribution in [2.45, 2.75) is 51.0 Å². The minimum Gasteiger partial charge on any atom is -0.493 e. The van der Waals surface area contributed by atoms with Crippen LogP contribution < -0.4 is 15.2 Å². The van der Waals surface area contributed by atoms with Crippen molar-refractivity contribution >= 4 is 0 Å². The van der Waals surface area contributed by atoms with E-state index in [0.717, 1.165) is 30.3 Å². The van der Waals surface area contributed by atoms with E-state index in [2.05, 4.69) is 6.07 Å². The molecule has 0 amide bonds. The second-order valence-electron chi connectivity index (χ2n) is 5.88. The van der Waals surface area contributed by atoms with Crippen molar-refractivity contribution in [3.05, 3.63) is 23.8 Å². The zero-order chi connectivity index (χ0) is 14.4. The van der Waals surface area contributed by atoms with Crippen molar-refractivity contribution in [2.75, 3.05) is 14.2 Å². The maximum Gasteiger partial charge on any atom is 0.160 e. The van der Waals surface area contributed by atoms with Gasteiger partial charge in [0.1, 0.15) is 0 Å². The summed E-state index contributed by atoms with van der Waals surface area (Å²) >= 11 is 0. The van der Waals surface area contributed by atoms with E-state index in [0.29, 0.717) is 0 Å².